The van der Waals surface area contributed by atoms with Gasteiger partial charge in [0.15, 0.2) is 5.79 Å². The first kappa shape index (κ1) is 39.4. The normalized spacial score (nSPS) is 24.2. The zero-order valence-electron chi connectivity index (χ0n) is 30.2. The quantitative estimate of drug-likeness (QED) is 0.0893. The minimum atomic E-state index is -1.40. The van der Waals surface area contributed by atoms with Gasteiger partial charge < -0.3 is 49.6 Å². The lowest BCUT2D eigenvalue weighted by atomic mass is 9.91. The summed E-state index contributed by atoms with van der Waals surface area (Å²) in [7, 11) is 0. The number of rotatable bonds is 17. The lowest BCUT2D eigenvalue weighted by Gasteiger charge is -2.31. The Morgan fingerprint density at radius 1 is 1.06 bits per heavy atom. The van der Waals surface area contributed by atoms with Crippen LogP contribution in [0, 0.1) is 11.8 Å². The van der Waals surface area contributed by atoms with Crippen LogP contribution in [0.25, 0.3) is 6.08 Å². The van der Waals surface area contributed by atoms with Crippen LogP contribution in [-0.4, -0.2) is 107 Å². The van der Waals surface area contributed by atoms with Gasteiger partial charge in [0.05, 0.1) is 37.2 Å². The molecule has 6 atom stereocenters. The molecule has 6 unspecified atom stereocenters. The van der Waals surface area contributed by atoms with Gasteiger partial charge in [0.2, 0.25) is 11.8 Å². The number of amides is 2. The summed E-state index contributed by atoms with van der Waals surface area (Å²) in [5.74, 6) is -2.92. The summed E-state index contributed by atoms with van der Waals surface area (Å²) in [5.41, 5.74) is 0.456. The largest absolute Gasteiger partial charge is 0.499 e. The molecule has 286 valence electrons. The summed E-state index contributed by atoms with van der Waals surface area (Å²) < 4.78 is 29.8. The van der Waals surface area contributed by atoms with Crippen LogP contribution in [-0.2, 0) is 38.1 Å². The summed E-state index contributed by atoms with van der Waals surface area (Å²) in [5, 5.41) is 34.6. The fraction of sp³-hybridized carbons (Fsp3) is 0.632. The van der Waals surface area contributed by atoms with Crippen molar-refractivity contribution in [1.29, 1.82) is 0 Å². The fourth-order valence-corrected chi connectivity index (χ4v) is 6.62. The average Bonchev–Trinajstić information content (AvgIpc) is 4.04. The Bertz CT molecular complexity index is 1500. The number of ether oxygens (including phenoxy) is 5. The molecule has 3 fully saturated rings. The van der Waals surface area contributed by atoms with E-state index >= 15 is 0 Å². The van der Waals surface area contributed by atoms with Gasteiger partial charge in [-0.1, -0.05) is 12.1 Å². The van der Waals surface area contributed by atoms with Crippen molar-refractivity contribution in [2.45, 2.75) is 121 Å². The van der Waals surface area contributed by atoms with E-state index in [9.17, 15) is 29.4 Å². The second kappa shape index (κ2) is 16.9. The van der Waals surface area contributed by atoms with Gasteiger partial charge in [0.25, 0.3) is 0 Å². The summed E-state index contributed by atoms with van der Waals surface area (Å²) in [6.45, 7) is 6.09. The molecule has 2 amide bonds. The van der Waals surface area contributed by atoms with E-state index < -0.39 is 78.2 Å². The standard InChI is InChI=1S/C38H52N2O12/c1-22(43)32(35(46)39-28(21-42)12-13-31(44)51-37(2,3)4)40-34(45)25-19-29(33-30(20-25)50-38(52-33,26-8-9-26)27-10-11-27)49-36(47)24-7-5-6-23(18-24)14-16-48-17-15-41/h5-7,14,16,18,20,22,26-30,32-33,41-43H,8-13,15,17,19,21H2,1-4H3,(H,39,46)(H,40,45). The highest BCUT2D eigenvalue weighted by atomic mass is 16.8. The number of carbonyl (C=O) groups excluding carboxylic acids is 4. The van der Waals surface area contributed by atoms with E-state index in [0.717, 1.165) is 25.7 Å². The zero-order valence-corrected chi connectivity index (χ0v) is 30.2. The van der Waals surface area contributed by atoms with Crippen molar-refractivity contribution < 1.29 is 58.2 Å². The van der Waals surface area contributed by atoms with E-state index in [1.54, 1.807) is 57.2 Å². The third kappa shape index (κ3) is 10.2. The molecule has 5 N–H and O–H groups in total. The molecule has 1 aromatic rings. The van der Waals surface area contributed by atoms with E-state index in [1.807, 2.05) is 0 Å². The molecule has 0 bridgehead atoms. The highest BCUT2D eigenvalue weighted by Gasteiger charge is 2.64. The highest BCUT2D eigenvalue weighted by molar-refractivity contribution is 5.98. The van der Waals surface area contributed by atoms with Crippen LogP contribution in [0.3, 0.4) is 0 Å². The van der Waals surface area contributed by atoms with Gasteiger partial charge >= 0.3 is 11.9 Å². The van der Waals surface area contributed by atoms with Crippen molar-refractivity contribution in [1.82, 2.24) is 10.6 Å². The third-order valence-electron chi connectivity index (χ3n) is 9.38. The smallest absolute Gasteiger partial charge is 0.338 e. The zero-order chi connectivity index (χ0) is 37.6. The molecule has 5 rings (SSSR count). The van der Waals surface area contributed by atoms with Gasteiger partial charge in [-0.15, -0.1) is 0 Å². The highest BCUT2D eigenvalue weighted by Crippen LogP contribution is 2.59. The lowest BCUT2D eigenvalue weighted by molar-refractivity contribution is -0.209. The molecule has 0 radical (unpaired) electrons. The van der Waals surface area contributed by atoms with Gasteiger partial charge in [-0.3, -0.25) is 14.4 Å². The molecule has 1 aromatic carbocycles. The van der Waals surface area contributed by atoms with Crippen LogP contribution < -0.4 is 10.6 Å². The maximum absolute atomic E-state index is 13.8. The van der Waals surface area contributed by atoms with Crippen molar-refractivity contribution in [3.63, 3.8) is 0 Å². The molecular weight excluding hydrogens is 676 g/mol. The monoisotopic (exact) mass is 728 g/mol. The van der Waals surface area contributed by atoms with E-state index in [-0.39, 0.29) is 55.4 Å². The van der Waals surface area contributed by atoms with Crippen LogP contribution >= 0.6 is 0 Å². The molecule has 1 heterocycles. The minimum absolute atomic E-state index is 0.0363. The number of hydrogen-bond acceptors (Lipinski definition) is 12. The molecule has 0 aromatic heterocycles. The molecule has 1 aliphatic heterocycles. The Hall–Kier alpha value is -3.82. The number of nitrogens with one attached hydrogen (secondary N) is 2. The van der Waals surface area contributed by atoms with Crippen LogP contribution in [0.4, 0.5) is 0 Å². The number of hydrogen-bond donors (Lipinski definition) is 5. The van der Waals surface area contributed by atoms with Crippen LogP contribution in [0.5, 0.6) is 0 Å². The van der Waals surface area contributed by atoms with E-state index in [2.05, 4.69) is 10.6 Å². The lowest BCUT2D eigenvalue weighted by Crippen LogP contribution is -2.55. The second-order valence-corrected chi connectivity index (χ2v) is 15.0. The van der Waals surface area contributed by atoms with Crippen molar-refractivity contribution in [3.8, 4) is 0 Å². The number of carbonyl (C=O) groups is 4. The summed E-state index contributed by atoms with van der Waals surface area (Å²) >= 11 is 0. The number of esters is 2. The first-order chi connectivity index (χ1) is 24.7. The third-order valence-corrected chi connectivity index (χ3v) is 9.38. The summed E-state index contributed by atoms with van der Waals surface area (Å²) in [6.07, 6.45) is 4.96. The van der Waals surface area contributed by atoms with E-state index in [4.69, 9.17) is 28.8 Å². The number of aliphatic hydroxyl groups is 3. The molecule has 1 saturated heterocycles. The van der Waals surface area contributed by atoms with Crippen molar-refractivity contribution >= 4 is 29.8 Å². The van der Waals surface area contributed by atoms with Crippen molar-refractivity contribution in [2.24, 2.45) is 11.8 Å². The van der Waals surface area contributed by atoms with Gasteiger partial charge in [-0.25, -0.2) is 4.79 Å². The summed E-state index contributed by atoms with van der Waals surface area (Å²) in [4.78, 5) is 52.8. The maximum atomic E-state index is 13.8. The second-order valence-electron chi connectivity index (χ2n) is 15.0. The Balaban J connectivity index is 1.29. The Morgan fingerprint density at radius 3 is 2.38 bits per heavy atom. The van der Waals surface area contributed by atoms with Gasteiger partial charge in [-0.05, 0) is 89.6 Å². The summed E-state index contributed by atoms with van der Waals surface area (Å²) in [6, 6.07) is 4.49. The van der Waals surface area contributed by atoms with Gasteiger partial charge in [0, 0.05) is 30.3 Å². The topological polar surface area (TPSA) is 199 Å². The van der Waals surface area contributed by atoms with Crippen molar-refractivity contribution in [2.75, 3.05) is 19.8 Å². The van der Waals surface area contributed by atoms with Gasteiger partial charge in [0.1, 0.15) is 36.6 Å². The molecular formula is C38H52N2O12. The fourth-order valence-electron chi connectivity index (χ4n) is 6.62. The maximum Gasteiger partial charge on any atom is 0.338 e. The number of benzene rings is 1. The SMILES string of the molecule is CC(O)C(NC(=O)C1=CC2OC(C3CC3)(C3CC3)OC2C(OC(=O)c2cccc(C=COCCO)c2)C1)C(=O)NC(CO)CCC(=O)OC(C)(C)C. The molecule has 4 aliphatic rings. The Morgan fingerprint density at radius 2 is 1.77 bits per heavy atom. The van der Waals surface area contributed by atoms with E-state index in [0.29, 0.717) is 5.56 Å². The Kier molecular flexibility index (Phi) is 12.8. The first-order valence-electron chi connectivity index (χ1n) is 18.1. The molecule has 2 saturated carbocycles. The molecule has 3 aliphatic carbocycles. The predicted molar refractivity (Wildman–Crippen MR) is 186 cm³/mol. The first-order valence-corrected chi connectivity index (χ1v) is 18.1. The minimum Gasteiger partial charge on any atom is -0.499 e. The van der Waals surface area contributed by atoms with E-state index in [1.165, 1.54) is 13.2 Å². The number of aliphatic hydroxyl groups excluding tert-OH is 3. The predicted octanol–water partition coefficient (Wildman–Crippen LogP) is 2.29. The van der Waals surface area contributed by atoms with Crippen molar-refractivity contribution in [3.05, 3.63) is 53.3 Å². The molecule has 0 spiro atoms. The van der Waals surface area contributed by atoms with Crippen LogP contribution in [0.15, 0.2) is 42.2 Å². The van der Waals surface area contributed by atoms with Crippen LogP contribution in [0.2, 0.25) is 0 Å². The van der Waals surface area contributed by atoms with Gasteiger partial charge in [-0.2, -0.15) is 0 Å². The Labute approximate surface area is 303 Å². The molecule has 52 heavy (non-hydrogen) atoms. The molecule has 14 nitrogen and oxygen atoms in total. The molecule has 14 heteroatoms. The average molecular weight is 729 g/mol. The number of fused-ring (bicyclic) bond motifs is 1. The van der Waals surface area contributed by atoms with Crippen LogP contribution in [0.1, 0.15) is 88.6 Å².